The van der Waals surface area contributed by atoms with E-state index in [1.165, 1.54) is 14.2 Å². The van der Waals surface area contributed by atoms with Crippen LogP contribution in [0, 0.1) is 0 Å². The molecule has 0 aromatic heterocycles. The van der Waals surface area contributed by atoms with Gasteiger partial charge in [-0.15, -0.1) is 0 Å². The summed E-state index contributed by atoms with van der Waals surface area (Å²) in [6.07, 6.45) is 3.91. The van der Waals surface area contributed by atoms with Gasteiger partial charge in [-0.1, -0.05) is 30.3 Å². The molecule has 1 aliphatic rings. The standard InChI is InChI=1S/C15H21N2O3P/c1-5-17(2)14-11-10-12-8-6-7-9-13(12)15(16-14)21(18,19-3)20-4/h6-11,15H,5H2,1-4H3. The molecule has 1 atom stereocenters. The molecule has 114 valence electrons. The molecule has 5 nitrogen and oxygen atoms in total. The summed E-state index contributed by atoms with van der Waals surface area (Å²) in [5, 5.41) is 0. The summed E-state index contributed by atoms with van der Waals surface area (Å²) in [7, 11) is 1.37. The zero-order chi connectivity index (χ0) is 15.5. The van der Waals surface area contributed by atoms with E-state index in [-0.39, 0.29) is 0 Å². The molecule has 21 heavy (non-hydrogen) atoms. The molecule has 0 amide bonds. The Balaban J connectivity index is 2.60. The number of hydrogen-bond donors (Lipinski definition) is 0. The number of amidine groups is 1. The van der Waals surface area contributed by atoms with Crippen LogP contribution in [-0.2, 0) is 13.6 Å². The largest absolute Gasteiger partial charge is 0.360 e. The van der Waals surface area contributed by atoms with Crippen molar-refractivity contribution in [3.8, 4) is 0 Å². The van der Waals surface area contributed by atoms with Crippen LogP contribution in [0.5, 0.6) is 0 Å². The van der Waals surface area contributed by atoms with E-state index in [4.69, 9.17) is 9.05 Å². The molecule has 0 aliphatic carbocycles. The van der Waals surface area contributed by atoms with Crippen LogP contribution in [0.1, 0.15) is 23.8 Å². The van der Waals surface area contributed by atoms with Crippen LogP contribution in [-0.4, -0.2) is 38.5 Å². The lowest BCUT2D eigenvalue weighted by molar-refractivity contribution is 0.266. The molecule has 1 heterocycles. The van der Waals surface area contributed by atoms with E-state index in [0.29, 0.717) is 0 Å². The Bertz CT molecular complexity index is 605. The summed E-state index contributed by atoms with van der Waals surface area (Å²) in [6, 6.07) is 7.73. The van der Waals surface area contributed by atoms with Crippen LogP contribution in [0.2, 0.25) is 0 Å². The van der Waals surface area contributed by atoms with Gasteiger partial charge in [0.25, 0.3) is 0 Å². The molecule has 0 saturated heterocycles. The van der Waals surface area contributed by atoms with E-state index in [1.807, 2.05) is 55.3 Å². The number of rotatable bonds is 4. The second-order valence-electron chi connectivity index (χ2n) is 4.74. The number of fused-ring (bicyclic) bond motifs is 1. The number of nitrogens with zero attached hydrogens (tertiary/aromatic N) is 2. The minimum Gasteiger partial charge on any atom is -0.360 e. The highest BCUT2D eigenvalue weighted by Crippen LogP contribution is 2.61. The van der Waals surface area contributed by atoms with Gasteiger partial charge in [-0.2, -0.15) is 0 Å². The third-order valence-electron chi connectivity index (χ3n) is 3.61. The average Bonchev–Trinajstić information content (AvgIpc) is 2.73. The zero-order valence-electron chi connectivity index (χ0n) is 12.8. The van der Waals surface area contributed by atoms with Gasteiger partial charge in [-0.25, -0.2) is 4.99 Å². The van der Waals surface area contributed by atoms with Crippen molar-refractivity contribution in [1.82, 2.24) is 4.90 Å². The predicted molar refractivity (Wildman–Crippen MR) is 85.6 cm³/mol. The molecule has 0 bridgehead atoms. The summed E-state index contributed by atoms with van der Waals surface area (Å²) in [6.45, 7) is 2.84. The Morgan fingerprint density at radius 1 is 1.24 bits per heavy atom. The lowest BCUT2D eigenvalue weighted by Crippen LogP contribution is -2.25. The summed E-state index contributed by atoms with van der Waals surface area (Å²) in [4.78, 5) is 6.64. The summed E-state index contributed by atoms with van der Waals surface area (Å²) >= 11 is 0. The van der Waals surface area contributed by atoms with Crippen LogP contribution >= 0.6 is 7.60 Å². The first-order valence-corrected chi connectivity index (χ1v) is 8.44. The van der Waals surface area contributed by atoms with Crippen molar-refractivity contribution in [3.63, 3.8) is 0 Å². The smallest absolute Gasteiger partial charge is 0.359 e. The molecule has 0 spiro atoms. The molecular formula is C15H21N2O3P. The Kier molecular flexibility index (Phi) is 4.99. The maximum atomic E-state index is 12.9. The molecule has 6 heteroatoms. The Morgan fingerprint density at radius 3 is 2.52 bits per heavy atom. The van der Waals surface area contributed by atoms with Crippen molar-refractivity contribution in [2.24, 2.45) is 4.99 Å². The number of aliphatic imine (C=N–C) groups is 1. The van der Waals surface area contributed by atoms with Crippen molar-refractivity contribution in [2.45, 2.75) is 12.7 Å². The third kappa shape index (κ3) is 3.10. The molecule has 1 aromatic rings. The lowest BCUT2D eigenvalue weighted by Gasteiger charge is -2.24. The van der Waals surface area contributed by atoms with E-state index in [2.05, 4.69) is 4.99 Å². The highest BCUT2D eigenvalue weighted by Gasteiger charge is 2.37. The van der Waals surface area contributed by atoms with Crippen molar-refractivity contribution in [3.05, 3.63) is 41.5 Å². The maximum absolute atomic E-state index is 12.9. The summed E-state index contributed by atoms with van der Waals surface area (Å²) < 4.78 is 23.2. The SMILES string of the molecule is CCN(C)C1=NC(P(=O)(OC)OC)c2ccccc2C=C1. The van der Waals surface area contributed by atoms with Crippen molar-refractivity contribution in [2.75, 3.05) is 27.8 Å². The van der Waals surface area contributed by atoms with Gasteiger partial charge in [-0.05, 0) is 24.1 Å². The van der Waals surface area contributed by atoms with Crippen molar-refractivity contribution < 1.29 is 13.6 Å². The second-order valence-corrected chi connectivity index (χ2v) is 7.04. The first kappa shape index (κ1) is 16.0. The van der Waals surface area contributed by atoms with Gasteiger partial charge in [0, 0.05) is 27.8 Å². The zero-order valence-corrected chi connectivity index (χ0v) is 13.7. The molecule has 2 rings (SSSR count). The van der Waals surface area contributed by atoms with Crippen LogP contribution in [0.15, 0.2) is 35.3 Å². The molecule has 0 fully saturated rings. The van der Waals surface area contributed by atoms with Crippen molar-refractivity contribution in [1.29, 1.82) is 0 Å². The third-order valence-corrected chi connectivity index (χ3v) is 5.63. The molecule has 1 aliphatic heterocycles. The summed E-state index contributed by atoms with van der Waals surface area (Å²) in [5.41, 5.74) is 1.82. The van der Waals surface area contributed by atoms with E-state index >= 15 is 0 Å². The van der Waals surface area contributed by atoms with E-state index in [1.54, 1.807) is 0 Å². The molecular weight excluding hydrogens is 287 g/mol. The molecule has 0 N–H and O–H groups in total. The van der Waals surface area contributed by atoms with Gasteiger partial charge in [0.05, 0.1) is 0 Å². The predicted octanol–water partition coefficient (Wildman–Crippen LogP) is 3.55. The fourth-order valence-electron chi connectivity index (χ4n) is 2.20. The monoisotopic (exact) mass is 308 g/mol. The van der Waals surface area contributed by atoms with Gasteiger partial charge in [0.2, 0.25) is 0 Å². The quantitative estimate of drug-likeness (QED) is 0.798. The second kappa shape index (κ2) is 6.56. The Hall–Kier alpha value is -1.42. The molecule has 1 aromatic carbocycles. The molecule has 0 saturated carbocycles. The van der Waals surface area contributed by atoms with Gasteiger partial charge in [-0.3, -0.25) is 4.57 Å². The fraction of sp³-hybridized carbons (Fsp3) is 0.400. The average molecular weight is 308 g/mol. The number of hydrogen-bond acceptors (Lipinski definition) is 5. The normalized spacial score (nSPS) is 17.9. The van der Waals surface area contributed by atoms with Gasteiger partial charge in [0.1, 0.15) is 5.84 Å². The van der Waals surface area contributed by atoms with E-state index in [9.17, 15) is 4.57 Å². The van der Waals surface area contributed by atoms with Crippen LogP contribution in [0.4, 0.5) is 0 Å². The minimum atomic E-state index is -3.36. The molecule has 1 unspecified atom stereocenters. The topological polar surface area (TPSA) is 51.1 Å². The lowest BCUT2D eigenvalue weighted by atomic mass is 10.1. The first-order chi connectivity index (χ1) is 10.1. The fourth-order valence-corrected chi connectivity index (χ4v) is 3.59. The van der Waals surface area contributed by atoms with Crippen LogP contribution < -0.4 is 0 Å². The number of benzene rings is 1. The van der Waals surface area contributed by atoms with E-state index in [0.717, 1.165) is 23.5 Å². The first-order valence-electron chi connectivity index (χ1n) is 6.83. The Labute approximate surface area is 125 Å². The minimum absolute atomic E-state index is 0.664. The van der Waals surface area contributed by atoms with Crippen LogP contribution in [0.25, 0.3) is 6.08 Å². The number of likely N-dealkylation sites (N-methyl/N-ethyl adjacent to an activating group) is 1. The van der Waals surface area contributed by atoms with Crippen LogP contribution in [0.3, 0.4) is 0 Å². The van der Waals surface area contributed by atoms with Gasteiger partial charge < -0.3 is 13.9 Å². The van der Waals surface area contributed by atoms with Gasteiger partial charge >= 0.3 is 7.60 Å². The highest BCUT2D eigenvalue weighted by molar-refractivity contribution is 7.54. The highest BCUT2D eigenvalue weighted by atomic mass is 31.2. The van der Waals surface area contributed by atoms with E-state index < -0.39 is 13.4 Å². The summed E-state index contributed by atoms with van der Waals surface area (Å²) in [5.74, 6) is 0.0933. The maximum Gasteiger partial charge on any atom is 0.359 e. The van der Waals surface area contributed by atoms with Gasteiger partial charge in [0.15, 0.2) is 5.78 Å². The Morgan fingerprint density at radius 2 is 1.90 bits per heavy atom. The molecule has 0 radical (unpaired) electrons. The van der Waals surface area contributed by atoms with Crippen molar-refractivity contribution >= 4 is 19.5 Å².